The molecular weight excluding hydrogens is 471 g/mol. The summed E-state index contributed by atoms with van der Waals surface area (Å²) in [5, 5.41) is 2.87. The lowest BCUT2D eigenvalue weighted by Gasteiger charge is -2.21. The van der Waals surface area contributed by atoms with Crippen LogP contribution in [-0.4, -0.2) is 36.4 Å². The molecule has 7 heteroatoms. The van der Waals surface area contributed by atoms with Crippen molar-refractivity contribution in [2.45, 2.75) is 32.6 Å². The van der Waals surface area contributed by atoms with Gasteiger partial charge in [0.15, 0.2) is 5.96 Å². The van der Waals surface area contributed by atoms with Gasteiger partial charge in [-0.25, -0.2) is 4.99 Å². The van der Waals surface area contributed by atoms with E-state index in [1.54, 1.807) is 0 Å². The first-order valence-electron chi connectivity index (χ1n) is 7.67. The molecule has 23 heavy (non-hydrogen) atoms. The number of rotatable bonds is 3. The van der Waals surface area contributed by atoms with Gasteiger partial charge in [0.25, 0.3) is 0 Å². The highest BCUT2D eigenvalue weighted by atomic mass is 127. The second-order valence-electron chi connectivity index (χ2n) is 5.58. The van der Waals surface area contributed by atoms with Crippen molar-refractivity contribution < 1.29 is 4.79 Å². The first-order valence-corrected chi connectivity index (χ1v) is 8.46. The zero-order valence-corrected chi connectivity index (χ0v) is 17.3. The first-order chi connectivity index (χ1) is 10.6. The minimum Gasteiger partial charge on any atom is -0.370 e. The Morgan fingerprint density at radius 1 is 1.30 bits per heavy atom. The number of aryl methyl sites for hydroxylation is 1. The average molecular weight is 495 g/mol. The molecule has 2 rings (SSSR count). The fourth-order valence-corrected chi connectivity index (χ4v) is 2.83. The Hall–Kier alpha value is -0.830. The lowest BCUT2D eigenvalue weighted by Crippen LogP contribution is -2.38. The summed E-state index contributed by atoms with van der Waals surface area (Å²) < 4.78 is 0.931. The van der Waals surface area contributed by atoms with Crippen LogP contribution < -0.4 is 11.1 Å². The summed E-state index contributed by atoms with van der Waals surface area (Å²) in [5.41, 5.74) is 7.81. The molecule has 0 saturated carbocycles. The minimum absolute atomic E-state index is 0. The number of amides is 1. The summed E-state index contributed by atoms with van der Waals surface area (Å²) in [6, 6.07) is 5.78. The van der Waals surface area contributed by atoms with E-state index in [-0.39, 0.29) is 36.4 Å². The molecule has 0 aliphatic carbocycles. The topological polar surface area (TPSA) is 70.7 Å². The number of halogens is 2. The Kier molecular flexibility index (Phi) is 8.90. The molecule has 0 unspecified atom stereocenters. The molecule has 0 bridgehead atoms. The van der Waals surface area contributed by atoms with Gasteiger partial charge in [-0.2, -0.15) is 0 Å². The van der Waals surface area contributed by atoms with Crippen molar-refractivity contribution in [2.75, 3.05) is 25.0 Å². The zero-order valence-electron chi connectivity index (χ0n) is 13.3. The number of nitrogens with two attached hydrogens (primary N) is 1. The van der Waals surface area contributed by atoms with Gasteiger partial charge in [0.1, 0.15) is 6.54 Å². The number of carbonyl (C=O) groups excluding carboxylic acids is 1. The highest BCUT2D eigenvalue weighted by Gasteiger charge is 2.11. The van der Waals surface area contributed by atoms with Crippen LogP contribution in [0, 0.1) is 6.92 Å². The van der Waals surface area contributed by atoms with Gasteiger partial charge < -0.3 is 16.0 Å². The van der Waals surface area contributed by atoms with Crippen LogP contribution in [0.1, 0.15) is 31.2 Å². The van der Waals surface area contributed by atoms with E-state index in [4.69, 9.17) is 5.73 Å². The van der Waals surface area contributed by atoms with Crippen LogP contribution >= 0.6 is 39.9 Å². The molecule has 0 spiro atoms. The number of benzene rings is 1. The highest BCUT2D eigenvalue weighted by molar-refractivity contribution is 14.0. The van der Waals surface area contributed by atoms with Gasteiger partial charge in [0.2, 0.25) is 5.91 Å². The smallest absolute Gasteiger partial charge is 0.246 e. The summed E-state index contributed by atoms with van der Waals surface area (Å²) in [7, 11) is 0. The van der Waals surface area contributed by atoms with E-state index in [1.807, 2.05) is 25.1 Å². The zero-order chi connectivity index (χ0) is 15.9. The molecule has 1 fully saturated rings. The molecule has 5 nitrogen and oxygen atoms in total. The summed E-state index contributed by atoms with van der Waals surface area (Å²) in [4.78, 5) is 18.3. The first kappa shape index (κ1) is 20.2. The standard InChI is InChI=1S/C16H23BrN4O.HI/c1-12-6-7-13(17)10-14(12)20-15(22)11-19-16(18)21-8-4-2-3-5-9-21;/h6-7,10H,2-5,8-9,11H2,1H3,(H2,18,19)(H,20,22);1H. The van der Waals surface area contributed by atoms with Crippen molar-refractivity contribution in [1.82, 2.24) is 4.90 Å². The quantitative estimate of drug-likeness (QED) is 0.383. The third kappa shape index (κ3) is 6.66. The Morgan fingerprint density at radius 3 is 2.61 bits per heavy atom. The molecule has 1 aromatic rings. The number of nitrogens with one attached hydrogen (secondary N) is 1. The van der Waals surface area contributed by atoms with E-state index < -0.39 is 0 Å². The fourth-order valence-electron chi connectivity index (χ4n) is 2.47. The molecule has 0 aromatic heterocycles. The number of likely N-dealkylation sites (tertiary alicyclic amines) is 1. The number of guanidine groups is 1. The van der Waals surface area contributed by atoms with Crippen molar-refractivity contribution in [3.8, 4) is 0 Å². The van der Waals surface area contributed by atoms with Crippen LogP contribution in [0.15, 0.2) is 27.7 Å². The summed E-state index contributed by atoms with van der Waals surface area (Å²) in [6.07, 6.45) is 4.76. The third-order valence-electron chi connectivity index (χ3n) is 3.79. The number of anilines is 1. The van der Waals surface area contributed by atoms with Gasteiger partial charge in [0, 0.05) is 23.2 Å². The maximum Gasteiger partial charge on any atom is 0.246 e. The molecule has 0 radical (unpaired) electrons. The molecule has 0 atom stereocenters. The highest BCUT2D eigenvalue weighted by Crippen LogP contribution is 2.20. The van der Waals surface area contributed by atoms with E-state index in [0.29, 0.717) is 5.96 Å². The Bertz CT molecular complexity index is 557. The lowest BCUT2D eigenvalue weighted by atomic mass is 10.2. The average Bonchev–Trinajstić information content (AvgIpc) is 2.78. The monoisotopic (exact) mass is 494 g/mol. The molecule has 3 N–H and O–H groups in total. The van der Waals surface area contributed by atoms with Crippen LogP contribution in [0.2, 0.25) is 0 Å². The van der Waals surface area contributed by atoms with Gasteiger partial charge >= 0.3 is 0 Å². The van der Waals surface area contributed by atoms with E-state index in [2.05, 4.69) is 31.1 Å². The molecule has 1 saturated heterocycles. The van der Waals surface area contributed by atoms with Gasteiger partial charge in [-0.15, -0.1) is 24.0 Å². The number of aliphatic imine (C=N–C) groups is 1. The maximum atomic E-state index is 12.0. The number of carbonyl (C=O) groups is 1. The van der Waals surface area contributed by atoms with Crippen LogP contribution in [0.25, 0.3) is 0 Å². The predicted molar refractivity (Wildman–Crippen MR) is 109 cm³/mol. The summed E-state index contributed by atoms with van der Waals surface area (Å²) >= 11 is 3.40. The van der Waals surface area contributed by atoms with Crippen molar-refractivity contribution in [1.29, 1.82) is 0 Å². The molecule has 1 heterocycles. The van der Waals surface area contributed by atoms with Crippen molar-refractivity contribution in [2.24, 2.45) is 10.7 Å². The van der Waals surface area contributed by atoms with Gasteiger partial charge in [-0.3, -0.25) is 4.79 Å². The molecule has 1 aromatic carbocycles. The van der Waals surface area contributed by atoms with Crippen LogP contribution in [0.4, 0.5) is 5.69 Å². The fraction of sp³-hybridized carbons (Fsp3) is 0.500. The van der Waals surface area contributed by atoms with Crippen molar-refractivity contribution in [3.63, 3.8) is 0 Å². The number of hydrogen-bond donors (Lipinski definition) is 2. The van der Waals surface area contributed by atoms with E-state index in [9.17, 15) is 4.79 Å². The Labute approximate surface area is 163 Å². The third-order valence-corrected chi connectivity index (χ3v) is 4.28. The van der Waals surface area contributed by atoms with E-state index >= 15 is 0 Å². The Morgan fingerprint density at radius 2 is 1.96 bits per heavy atom. The van der Waals surface area contributed by atoms with Gasteiger partial charge in [-0.1, -0.05) is 34.8 Å². The normalized spacial score (nSPS) is 15.6. The largest absolute Gasteiger partial charge is 0.370 e. The predicted octanol–water partition coefficient (Wildman–Crippen LogP) is 3.50. The lowest BCUT2D eigenvalue weighted by molar-refractivity contribution is -0.114. The molecular formula is C16H24BrIN4O. The van der Waals surface area contributed by atoms with E-state index in [1.165, 1.54) is 12.8 Å². The minimum atomic E-state index is -0.154. The van der Waals surface area contributed by atoms with E-state index in [0.717, 1.165) is 41.7 Å². The maximum absolute atomic E-state index is 12.0. The molecule has 1 aliphatic rings. The van der Waals surface area contributed by atoms with Crippen molar-refractivity contribution in [3.05, 3.63) is 28.2 Å². The van der Waals surface area contributed by atoms with Crippen LogP contribution in [0.5, 0.6) is 0 Å². The van der Waals surface area contributed by atoms with Gasteiger partial charge in [0.05, 0.1) is 0 Å². The molecule has 1 aliphatic heterocycles. The van der Waals surface area contributed by atoms with Crippen molar-refractivity contribution >= 4 is 57.5 Å². The summed E-state index contributed by atoms with van der Waals surface area (Å²) in [5.74, 6) is 0.321. The van der Waals surface area contributed by atoms with Gasteiger partial charge in [-0.05, 0) is 37.5 Å². The number of hydrogen-bond acceptors (Lipinski definition) is 2. The molecule has 128 valence electrons. The second kappa shape index (κ2) is 10.1. The molecule has 1 amide bonds. The van der Waals surface area contributed by atoms with Crippen LogP contribution in [-0.2, 0) is 4.79 Å². The SMILES string of the molecule is Cc1ccc(Br)cc1NC(=O)CN=C(N)N1CCCCCC1.I. The van der Waals surface area contributed by atoms with Crippen LogP contribution in [0.3, 0.4) is 0 Å². The second-order valence-corrected chi connectivity index (χ2v) is 6.50. The Balaban J connectivity index is 0.00000264. The summed E-state index contributed by atoms with van der Waals surface area (Å²) in [6.45, 7) is 3.87. The number of nitrogens with zero attached hydrogens (tertiary/aromatic N) is 2.